The Kier molecular flexibility index (Phi) is 3.22. The Hall–Kier alpha value is -2.23. The number of nitrogens with zero attached hydrogens (tertiary/aromatic N) is 2. The molecule has 2 aromatic heterocycles. The van der Waals surface area contributed by atoms with Gasteiger partial charge in [-0.25, -0.2) is 4.98 Å². The second-order valence-electron chi connectivity index (χ2n) is 5.13. The van der Waals surface area contributed by atoms with E-state index in [4.69, 9.17) is 15.1 Å². The minimum Gasteiger partial charge on any atom is -0.469 e. The van der Waals surface area contributed by atoms with Gasteiger partial charge in [-0.3, -0.25) is 0 Å². The molecule has 0 spiro atoms. The molecule has 0 aliphatic heterocycles. The fourth-order valence-corrected chi connectivity index (χ4v) is 2.72. The molecule has 1 aromatic carbocycles. The first-order valence-electron chi connectivity index (χ1n) is 6.97. The molecule has 1 unspecified atom stereocenters. The van der Waals surface area contributed by atoms with E-state index in [0.29, 0.717) is 6.04 Å². The molecule has 0 aliphatic carbocycles. The molecule has 2 heterocycles. The molecule has 0 radical (unpaired) electrons. The number of nitrogens with two attached hydrogens (primary N) is 1. The van der Waals surface area contributed by atoms with Crippen LogP contribution in [0.1, 0.15) is 31.5 Å². The summed E-state index contributed by atoms with van der Waals surface area (Å²) in [5, 5.41) is 0. The zero-order chi connectivity index (χ0) is 14.1. The van der Waals surface area contributed by atoms with Gasteiger partial charge in [0.25, 0.3) is 0 Å². The smallest absolute Gasteiger partial charge is 0.109 e. The molecule has 104 valence electrons. The number of nitrogen functional groups attached to an aromatic ring is 1. The van der Waals surface area contributed by atoms with E-state index in [0.717, 1.165) is 41.1 Å². The monoisotopic (exact) mass is 269 g/mol. The summed E-state index contributed by atoms with van der Waals surface area (Å²) >= 11 is 0. The van der Waals surface area contributed by atoms with Crippen molar-refractivity contribution in [2.45, 2.75) is 32.7 Å². The van der Waals surface area contributed by atoms with Gasteiger partial charge in [0.05, 0.1) is 17.3 Å². The van der Waals surface area contributed by atoms with Crippen LogP contribution in [-0.2, 0) is 12.8 Å². The maximum Gasteiger partial charge on any atom is 0.109 e. The summed E-state index contributed by atoms with van der Waals surface area (Å²) in [6.07, 6.45) is 3.47. The van der Waals surface area contributed by atoms with Crippen molar-refractivity contribution >= 4 is 16.7 Å². The minimum absolute atomic E-state index is 0.296. The zero-order valence-electron chi connectivity index (χ0n) is 11.8. The molecular formula is C16H19N3O. The number of hydrogen-bond acceptors (Lipinski definition) is 3. The van der Waals surface area contributed by atoms with E-state index in [1.54, 1.807) is 6.26 Å². The van der Waals surface area contributed by atoms with E-state index < -0.39 is 0 Å². The summed E-state index contributed by atoms with van der Waals surface area (Å²) in [5.74, 6) is 2.08. The van der Waals surface area contributed by atoms with Crippen LogP contribution in [0, 0.1) is 0 Å². The molecule has 2 N–H and O–H groups in total. The van der Waals surface area contributed by atoms with Crippen molar-refractivity contribution in [1.29, 1.82) is 0 Å². The molecule has 1 atom stereocenters. The lowest BCUT2D eigenvalue weighted by atomic mass is 10.1. The van der Waals surface area contributed by atoms with Crippen LogP contribution in [0.5, 0.6) is 0 Å². The van der Waals surface area contributed by atoms with Crippen LogP contribution in [-0.4, -0.2) is 9.55 Å². The molecule has 0 saturated heterocycles. The van der Waals surface area contributed by atoms with E-state index in [-0.39, 0.29) is 0 Å². The number of aromatic nitrogens is 2. The number of furan rings is 1. The third-order valence-corrected chi connectivity index (χ3v) is 3.62. The first-order valence-corrected chi connectivity index (χ1v) is 6.97. The van der Waals surface area contributed by atoms with E-state index in [1.807, 2.05) is 24.3 Å². The molecule has 0 aliphatic rings. The number of anilines is 1. The first-order chi connectivity index (χ1) is 9.69. The molecule has 0 bridgehead atoms. The van der Waals surface area contributed by atoms with Gasteiger partial charge in [-0.2, -0.15) is 0 Å². The van der Waals surface area contributed by atoms with E-state index in [9.17, 15) is 0 Å². The van der Waals surface area contributed by atoms with Gasteiger partial charge >= 0.3 is 0 Å². The van der Waals surface area contributed by atoms with Crippen LogP contribution < -0.4 is 5.73 Å². The number of benzene rings is 1. The van der Waals surface area contributed by atoms with Gasteiger partial charge in [0.2, 0.25) is 0 Å². The maximum atomic E-state index is 5.85. The fourth-order valence-electron chi connectivity index (χ4n) is 2.72. The van der Waals surface area contributed by atoms with Gasteiger partial charge in [-0.05, 0) is 37.3 Å². The van der Waals surface area contributed by atoms with E-state index >= 15 is 0 Å². The van der Waals surface area contributed by atoms with E-state index in [1.165, 1.54) is 0 Å². The standard InChI is InChI=1S/C16H19N3O/c1-3-16-18-14-10-12(17)6-7-15(14)19(16)11(2)9-13-5-4-8-20-13/h4-8,10-11H,3,9,17H2,1-2H3. The molecule has 0 saturated carbocycles. The predicted molar refractivity (Wildman–Crippen MR) is 80.6 cm³/mol. The summed E-state index contributed by atoms with van der Waals surface area (Å²) < 4.78 is 7.74. The predicted octanol–water partition coefficient (Wildman–Crippen LogP) is 3.58. The van der Waals surface area contributed by atoms with Gasteiger partial charge < -0.3 is 14.7 Å². The van der Waals surface area contributed by atoms with Gasteiger partial charge in [-0.1, -0.05) is 6.92 Å². The average molecular weight is 269 g/mol. The average Bonchev–Trinajstić information content (AvgIpc) is 3.04. The zero-order valence-corrected chi connectivity index (χ0v) is 11.8. The maximum absolute atomic E-state index is 5.85. The Morgan fingerprint density at radius 2 is 2.20 bits per heavy atom. The van der Waals surface area contributed by atoms with Crippen LogP contribution in [0.4, 0.5) is 5.69 Å². The highest BCUT2D eigenvalue weighted by atomic mass is 16.3. The van der Waals surface area contributed by atoms with Gasteiger partial charge in [0.15, 0.2) is 0 Å². The van der Waals surface area contributed by atoms with Crippen LogP contribution in [0.25, 0.3) is 11.0 Å². The lowest BCUT2D eigenvalue weighted by Crippen LogP contribution is -2.11. The second kappa shape index (κ2) is 5.04. The van der Waals surface area contributed by atoms with Gasteiger partial charge in [-0.15, -0.1) is 0 Å². The van der Waals surface area contributed by atoms with Crippen molar-refractivity contribution in [3.63, 3.8) is 0 Å². The van der Waals surface area contributed by atoms with Crippen molar-refractivity contribution < 1.29 is 4.42 Å². The number of hydrogen-bond donors (Lipinski definition) is 1. The van der Waals surface area contributed by atoms with Crippen molar-refractivity contribution in [1.82, 2.24) is 9.55 Å². The largest absolute Gasteiger partial charge is 0.469 e. The Bertz CT molecular complexity index is 713. The highest BCUT2D eigenvalue weighted by Crippen LogP contribution is 2.25. The van der Waals surface area contributed by atoms with Crippen molar-refractivity contribution in [2.24, 2.45) is 0 Å². The summed E-state index contributed by atoms with van der Waals surface area (Å²) in [7, 11) is 0. The molecule has 0 amide bonds. The lowest BCUT2D eigenvalue weighted by molar-refractivity contribution is 0.447. The third-order valence-electron chi connectivity index (χ3n) is 3.62. The Morgan fingerprint density at radius 3 is 2.90 bits per heavy atom. The van der Waals surface area contributed by atoms with Crippen molar-refractivity contribution in [2.75, 3.05) is 5.73 Å². The SMILES string of the molecule is CCc1nc2cc(N)ccc2n1C(C)Cc1ccco1. The van der Waals surface area contributed by atoms with Crippen LogP contribution in [0.3, 0.4) is 0 Å². The second-order valence-corrected chi connectivity index (χ2v) is 5.13. The summed E-state index contributed by atoms with van der Waals surface area (Å²) in [4.78, 5) is 4.69. The number of aryl methyl sites for hydroxylation is 1. The summed E-state index contributed by atoms with van der Waals surface area (Å²) in [6, 6.07) is 10.2. The van der Waals surface area contributed by atoms with Gasteiger partial charge in [0.1, 0.15) is 11.6 Å². The molecule has 4 nitrogen and oxygen atoms in total. The molecule has 0 fully saturated rings. The van der Waals surface area contributed by atoms with Gasteiger partial charge in [0, 0.05) is 24.6 Å². The summed E-state index contributed by atoms with van der Waals surface area (Å²) in [5.41, 5.74) is 8.70. The Balaban J connectivity index is 2.04. The van der Waals surface area contributed by atoms with Crippen LogP contribution in [0.2, 0.25) is 0 Å². The van der Waals surface area contributed by atoms with E-state index in [2.05, 4.69) is 24.5 Å². The minimum atomic E-state index is 0.296. The van der Waals surface area contributed by atoms with Crippen LogP contribution in [0.15, 0.2) is 41.0 Å². The Morgan fingerprint density at radius 1 is 1.35 bits per heavy atom. The fraction of sp³-hybridized carbons (Fsp3) is 0.312. The number of imidazole rings is 1. The molecular weight excluding hydrogens is 250 g/mol. The normalized spacial score (nSPS) is 12.9. The topological polar surface area (TPSA) is 57.0 Å². The lowest BCUT2D eigenvalue weighted by Gasteiger charge is -2.16. The highest BCUT2D eigenvalue weighted by Gasteiger charge is 2.16. The Labute approximate surface area is 118 Å². The highest BCUT2D eigenvalue weighted by molar-refractivity contribution is 5.79. The summed E-state index contributed by atoms with van der Waals surface area (Å²) in [6.45, 7) is 4.32. The molecule has 3 aromatic rings. The molecule has 4 heteroatoms. The first kappa shape index (κ1) is 12.8. The third kappa shape index (κ3) is 2.18. The molecule has 20 heavy (non-hydrogen) atoms. The number of rotatable bonds is 4. The molecule has 3 rings (SSSR count). The number of fused-ring (bicyclic) bond motifs is 1. The quantitative estimate of drug-likeness (QED) is 0.736. The van der Waals surface area contributed by atoms with Crippen molar-refractivity contribution in [3.8, 4) is 0 Å². The van der Waals surface area contributed by atoms with Crippen LogP contribution >= 0.6 is 0 Å². The van der Waals surface area contributed by atoms with Crippen molar-refractivity contribution in [3.05, 3.63) is 48.2 Å².